The molecule has 0 unspecified atom stereocenters. The molecule has 0 spiro atoms. The van der Waals surface area contributed by atoms with E-state index in [2.05, 4.69) is 25.8 Å². The number of aromatic nitrogens is 1. The van der Waals surface area contributed by atoms with Gasteiger partial charge in [0.2, 0.25) is 5.91 Å². The number of H-pyrrole nitrogens is 1. The van der Waals surface area contributed by atoms with Gasteiger partial charge in [0.15, 0.2) is 0 Å². The number of ether oxygens (including phenoxy) is 1. The second-order valence-corrected chi connectivity index (χ2v) is 9.70. The number of carbonyl (C=O) groups is 1. The minimum atomic E-state index is -0.0526. The van der Waals surface area contributed by atoms with Crippen LogP contribution in [0.15, 0.2) is 23.0 Å². The van der Waals surface area contributed by atoms with Crippen molar-refractivity contribution in [2.75, 3.05) is 20.2 Å². The Morgan fingerprint density at radius 3 is 2.53 bits per heavy atom. The van der Waals surface area contributed by atoms with Crippen LogP contribution in [0.2, 0.25) is 0 Å². The van der Waals surface area contributed by atoms with E-state index < -0.39 is 0 Å². The fourth-order valence-corrected chi connectivity index (χ4v) is 4.52. The van der Waals surface area contributed by atoms with Gasteiger partial charge in [0, 0.05) is 30.1 Å². The normalized spacial score (nSPS) is 15.0. The number of nitrogens with zero attached hydrogens (tertiary/aromatic N) is 1. The zero-order valence-electron chi connectivity index (χ0n) is 19.1. The van der Waals surface area contributed by atoms with Crippen LogP contribution in [-0.4, -0.2) is 36.0 Å². The Hall–Kier alpha value is -2.30. The zero-order valence-corrected chi connectivity index (χ0v) is 19.1. The van der Waals surface area contributed by atoms with Crippen molar-refractivity contribution in [2.45, 2.75) is 72.1 Å². The van der Waals surface area contributed by atoms with Crippen molar-refractivity contribution < 1.29 is 9.53 Å². The summed E-state index contributed by atoms with van der Waals surface area (Å²) in [6.07, 6.45) is 5.56. The molecular formula is C25H36N2O3. The van der Waals surface area contributed by atoms with Crippen LogP contribution in [0.4, 0.5) is 0 Å². The fourth-order valence-electron chi connectivity index (χ4n) is 4.52. The Balaban J connectivity index is 2.02. The van der Waals surface area contributed by atoms with Crippen LogP contribution in [0, 0.1) is 5.41 Å². The van der Waals surface area contributed by atoms with Crippen LogP contribution in [0.1, 0.15) is 76.8 Å². The molecule has 1 aliphatic rings. The van der Waals surface area contributed by atoms with Crippen LogP contribution in [-0.2, 0) is 11.2 Å². The molecule has 1 fully saturated rings. The largest absolute Gasteiger partial charge is 0.497 e. The lowest BCUT2D eigenvalue weighted by atomic mass is 9.89. The monoisotopic (exact) mass is 412 g/mol. The molecule has 0 saturated heterocycles. The first-order valence-corrected chi connectivity index (χ1v) is 11.2. The van der Waals surface area contributed by atoms with Gasteiger partial charge >= 0.3 is 0 Å². The molecule has 1 heterocycles. The quantitative estimate of drug-likeness (QED) is 0.694. The highest BCUT2D eigenvalue weighted by Gasteiger charge is 2.27. The molecule has 5 heteroatoms. The van der Waals surface area contributed by atoms with Crippen molar-refractivity contribution in [3.8, 4) is 5.75 Å². The third-order valence-electron chi connectivity index (χ3n) is 6.33. The molecule has 0 bridgehead atoms. The first-order chi connectivity index (χ1) is 14.2. The summed E-state index contributed by atoms with van der Waals surface area (Å²) in [6.45, 7) is 10.0. The van der Waals surface area contributed by atoms with Crippen molar-refractivity contribution >= 4 is 16.8 Å². The summed E-state index contributed by atoms with van der Waals surface area (Å²) in [4.78, 5) is 31.4. The third-order valence-corrected chi connectivity index (χ3v) is 6.33. The Bertz CT molecular complexity index is 949. The van der Waals surface area contributed by atoms with E-state index in [1.807, 2.05) is 30.0 Å². The predicted octanol–water partition coefficient (Wildman–Crippen LogP) is 5.02. The SMILES string of the molecule is CCN(CCC(C)(C)C)C(=O)Cc1c(C2CCCC2)c(=O)[nH]c2cc(OC)ccc12. The molecule has 164 valence electrons. The average molecular weight is 413 g/mol. The van der Waals surface area contributed by atoms with E-state index in [1.54, 1.807) is 7.11 Å². The van der Waals surface area contributed by atoms with E-state index >= 15 is 0 Å². The number of hydrogen-bond acceptors (Lipinski definition) is 3. The highest BCUT2D eigenvalue weighted by molar-refractivity contribution is 5.90. The van der Waals surface area contributed by atoms with Crippen LogP contribution >= 0.6 is 0 Å². The van der Waals surface area contributed by atoms with E-state index in [0.717, 1.165) is 60.7 Å². The van der Waals surface area contributed by atoms with Crippen molar-refractivity contribution in [1.29, 1.82) is 0 Å². The molecule has 1 aromatic heterocycles. The topological polar surface area (TPSA) is 62.4 Å². The maximum absolute atomic E-state index is 13.3. The van der Waals surface area contributed by atoms with E-state index in [-0.39, 0.29) is 29.2 Å². The number of likely N-dealkylation sites (N-methyl/N-ethyl adjacent to an activating group) is 1. The Kier molecular flexibility index (Phi) is 6.89. The standard InChI is InChI=1S/C25H36N2O3/c1-6-27(14-13-25(2,3)4)22(28)16-20-19-12-11-18(30-5)15-21(19)26-24(29)23(20)17-9-7-8-10-17/h11-12,15,17H,6-10,13-14,16H2,1-5H3,(H,26,29). The van der Waals surface area contributed by atoms with Gasteiger partial charge in [-0.1, -0.05) is 33.6 Å². The number of fused-ring (bicyclic) bond motifs is 1. The Labute approximate surface area is 179 Å². The summed E-state index contributed by atoms with van der Waals surface area (Å²) in [6, 6.07) is 5.74. The summed E-state index contributed by atoms with van der Waals surface area (Å²) in [7, 11) is 1.62. The number of methoxy groups -OCH3 is 1. The van der Waals surface area contributed by atoms with Crippen LogP contribution < -0.4 is 10.3 Å². The molecular weight excluding hydrogens is 376 g/mol. The summed E-state index contributed by atoms with van der Waals surface area (Å²) < 4.78 is 5.34. The fraction of sp³-hybridized carbons (Fsp3) is 0.600. The first-order valence-electron chi connectivity index (χ1n) is 11.2. The summed E-state index contributed by atoms with van der Waals surface area (Å²) >= 11 is 0. The van der Waals surface area contributed by atoms with Crippen LogP contribution in [0.25, 0.3) is 10.9 Å². The molecule has 1 saturated carbocycles. The van der Waals surface area contributed by atoms with Gasteiger partial charge in [-0.3, -0.25) is 9.59 Å². The highest BCUT2D eigenvalue weighted by atomic mass is 16.5. The van der Waals surface area contributed by atoms with Gasteiger partial charge < -0.3 is 14.6 Å². The van der Waals surface area contributed by atoms with Gasteiger partial charge in [0.05, 0.1) is 19.0 Å². The van der Waals surface area contributed by atoms with Crippen molar-refractivity contribution in [3.63, 3.8) is 0 Å². The van der Waals surface area contributed by atoms with Crippen molar-refractivity contribution in [3.05, 3.63) is 39.7 Å². The molecule has 3 rings (SSSR count). The first kappa shape index (κ1) is 22.4. The number of carbonyl (C=O) groups excluding carboxylic acids is 1. The molecule has 2 aromatic rings. The van der Waals surface area contributed by atoms with Crippen LogP contribution in [0.5, 0.6) is 5.75 Å². The summed E-state index contributed by atoms with van der Waals surface area (Å²) in [5, 5.41) is 0.956. The molecule has 1 N–H and O–H groups in total. The van der Waals surface area contributed by atoms with Gasteiger partial charge in [-0.05, 0) is 55.2 Å². The van der Waals surface area contributed by atoms with Crippen molar-refractivity contribution in [2.24, 2.45) is 5.41 Å². The van der Waals surface area contributed by atoms with Gasteiger partial charge in [0.1, 0.15) is 5.75 Å². The number of amides is 1. The molecule has 0 radical (unpaired) electrons. The van der Waals surface area contributed by atoms with Gasteiger partial charge in [0.25, 0.3) is 5.56 Å². The molecule has 1 amide bonds. The molecule has 5 nitrogen and oxygen atoms in total. The minimum absolute atomic E-state index is 0.0526. The highest BCUT2D eigenvalue weighted by Crippen LogP contribution is 2.36. The number of rotatable bonds is 7. The van der Waals surface area contributed by atoms with Crippen LogP contribution in [0.3, 0.4) is 0 Å². The average Bonchev–Trinajstić information content (AvgIpc) is 3.21. The maximum atomic E-state index is 13.3. The van der Waals surface area contributed by atoms with Crippen molar-refractivity contribution in [1.82, 2.24) is 9.88 Å². The number of pyridine rings is 1. The molecule has 0 aliphatic heterocycles. The van der Waals surface area contributed by atoms with E-state index in [4.69, 9.17) is 4.74 Å². The molecule has 1 aliphatic carbocycles. The smallest absolute Gasteiger partial charge is 0.252 e. The molecule has 0 atom stereocenters. The van der Waals surface area contributed by atoms with E-state index in [9.17, 15) is 9.59 Å². The number of nitrogens with one attached hydrogen (secondary N) is 1. The summed E-state index contributed by atoms with van der Waals surface area (Å²) in [5.41, 5.74) is 2.59. The lowest BCUT2D eigenvalue weighted by Gasteiger charge is -2.27. The molecule has 1 aromatic carbocycles. The van der Waals surface area contributed by atoms with Gasteiger partial charge in [-0.25, -0.2) is 0 Å². The van der Waals surface area contributed by atoms with Gasteiger partial charge in [-0.15, -0.1) is 0 Å². The Morgan fingerprint density at radius 1 is 1.23 bits per heavy atom. The van der Waals surface area contributed by atoms with Gasteiger partial charge in [-0.2, -0.15) is 0 Å². The lowest BCUT2D eigenvalue weighted by Crippen LogP contribution is -2.35. The molecule has 30 heavy (non-hydrogen) atoms. The van der Waals surface area contributed by atoms with E-state index in [1.165, 1.54) is 0 Å². The number of benzene rings is 1. The summed E-state index contributed by atoms with van der Waals surface area (Å²) in [5.74, 6) is 1.04. The Morgan fingerprint density at radius 2 is 1.93 bits per heavy atom. The van der Waals surface area contributed by atoms with E-state index in [0.29, 0.717) is 12.3 Å². The zero-order chi connectivity index (χ0) is 21.9. The predicted molar refractivity (Wildman–Crippen MR) is 122 cm³/mol. The second kappa shape index (κ2) is 9.23. The number of aromatic amines is 1. The lowest BCUT2D eigenvalue weighted by molar-refractivity contribution is -0.130. The maximum Gasteiger partial charge on any atom is 0.252 e. The number of hydrogen-bond donors (Lipinski definition) is 1. The third kappa shape index (κ3) is 5.05. The minimum Gasteiger partial charge on any atom is -0.497 e. The second-order valence-electron chi connectivity index (χ2n) is 9.70.